The Bertz CT molecular complexity index is 579. The summed E-state index contributed by atoms with van der Waals surface area (Å²) in [7, 11) is -4.10. The number of hydrogen-bond donors (Lipinski definition) is 1. The van der Waals surface area contributed by atoms with Crippen LogP contribution in [0.3, 0.4) is 0 Å². The Morgan fingerprint density at radius 3 is 2.72 bits per heavy atom. The standard InChI is InChI=1S/C10H12N2O3S2.Na/c13-17(14,15)7-3-6-16-10-11-8-4-1-2-5-9(8)12-10;/h1-2,4-5H,3,6-7H2,(H,11,12)(H,13,14,15);/q;+1/p-1. The third-order valence-corrected chi connectivity index (χ3v) is 3.89. The van der Waals surface area contributed by atoms with Crippen LogP contribution < -0.4 is 29.6 Å². The molecule has 5 nitrogen and oxygen atoms in total. The van der Waals surface area contributed by atoms with Crippen molar-refractivity contribution >= 4 is 32.9 Å². The van der Waals surface area contributed by atoms with Gasteiger partial charge in [-0.15, -0.1) is 0 Å². The monoisotopic (exact) mass is 294 g/mol. The molecule has 1 aromatic heterocycles. The van der Waals surface area contributed by atoms with Crippen LogP contribution in [0.5, 0.6) is 0 Å². The van der Waals surface area contributed by atoms with Gasteiger partial charge in [-0.05, 0) is 18.6 Å². The minimum atomic E-state index is -4.10. The minimum Gasteiger partial charge on any atom is -0.748 e. The number of imidazole rings is 1. The molecule has 0 saturated carbocycles. The zero-order valence-corrected chi connectivity index (χ0v) is 13.6. The molecule has 0 atom stereocenters. The molecule has 0 amide bonds. The fourth-order valence-corrected chi connectivity index (χ4v) is 2.91. The summed E-state index contributed by atoms with van der Waals surface area (Å²) in [6, 6.07) is 7.65. The zero-order valence-electron chi connectivity index (χ0n) is 9.92. The summed E-state index contributed by atoms with van der Waals surface area (Å²) in [6.07, 6.45) is 0.341. The maximum Gasteiger partial charge on any atom is 1.00 e. The normalized spacial score (nSPS) is 11.4. The Kier molecular flexibility index (Phi) is 6.16. The minimum absolute atomic E-state index is 0. The Labute approximate surface area is 132 Å². The topological polar surface area (TPSA) is 85.9 Å². The van der Waals surface area contributed by atoms with E-state index in [9.17, 15) is 13.0 Å². The van der Waals surface area contributed by atoms with Crippen molar-refractivity contribution in [1.29, 1.82) is 0 Å². The summed E-state index contributed by atoms with van der Waals surface area (Å²) in [5.41, 5.74) is 1.83. The smallest absolute Gasteiger partial charge is 0.748 e. The summed E-state index contributed by atoms with van der Waals surface area (Å²) >= 11 is 1.42. The molecule has 0 aliphatic carbocycles. The molecule has 18 heavy (non-hydrogen) atoms. The van der Waals surface area contributed by atoms with Gasteiger partial charge in [0.2, 0.25) is 0 Å². The fourth-order valence-electron chi connectivity index (χ4n) is 1.40. The van der Waals surface area contributed by atoms with Crippen LogP contribution in [0.15, 0.2) is 29.4 Å². The van der Waals surface area contributed by atoms with E-state index in [1.807, 2.05) is 24.3 Å². The van der Waals surface area contributed by atoms with E-state index in [-0.39, 0.29) is 35.3 Å². The Morgan fingerprint density at radius 2 is 2.06 bits per heavy atom. The van der Waals surface area contributed by atoms with Crippen LogP contribution in [0.4, 0.5) is 0 Å². The van der Waals surface area contributed by atoms with Crippen molar-refractivity contribution in [2.24, 2.45) is 0 Å². The molecule has 0 aliphatic heterocycles. The van der Waals surface area contributed by atoms with Crippen LogP contribution >= 0.6 is 11.8 Å². The van der Waals surface area contributed by atoms with E-state index in [0.717, 1.165) is 16.2 Å². The van der Waals surface area contributed by atoms with E-state index in [4.69, 9.17) is 0 Å². The molecule has 1 heterocycles. The van der Waals surface area contributed by atoms with E-state index in [2.05, 4.69) is 9.97 Å². The number of para-hydroxylation sites is 2. The van der Waals surface area contributed by atoms with Crippen LogP contribution in [0.1, 0.15) is 6.42 Å². The quantitative estimate of drug-likeness (QED) is 0.317. The molecule has 2 aromatic rings. The predicted octanol–water partition coefficient (Wildman–Crippen LogP) is -1.41. The van der Waals surface area contributed by atoms with Crippen molar-refractivity contribution < 1.29 is 42.5 Å². The number of nitrogens with zero attached hydrogens (tertiary/aromatic N) is 1. The first-order chi connectivity index (χ1) is 8.04. The Morgan fingerprint density at radius 1 is 1.33 bits per heavy atom. The van der Waals surface area contributed by atoms with Crippen molar-refractivity contribution in [1.82, 2.24) is 9.97 Å². The fraction of sp³-hybridized carbons (Fsp3) is 0.300. The van der Waals surface area contributed by atoms with Gasteiger partial charge in [-0.2, -0.15) is 0 Å². The largest absolute Gasteiger partial charge is 1.00 e. The summed E-state index contributed by atoms with van der Waals surface area (Å²) in [5.74, 6) is 0.238. The van der Waals surface area contributed by atoms with E-state index >= 15 is 0 Å². The average Bonchev–Trinajstić information content (AvgIpc) is 2.65. The molecule has 0 radical (unpaired) electrons. The zero-order chi connectivity index (χ0) is 12.3. The second-order valence-corrected chi connectivity index (χ2v) is 6.13. The van der Waals surface area contributed by atoms with Crippen molar-refractivity contribution in [3.63, 3.8) is 0 Å². The first kappa shape index (κ1) is 16.0. The number of fused-ring (bicyclic) bond motifs is 1. The van der Waals surface area contributed by atoms with Gasteiger partial charge >= 0.3 is 29.6 Å². The second kappa shape index (κ2) is 6.93. The van der Waals surface area contributed by atoms with Crippen molar-refractivity contribution in [2.45, 2.75) is 11.6 Å². The number of rotatable bonds is 5. The maximum absolute atomic E-state index is 10.4. The molecule has 0 unspecified atom stereocenters. The molecule has 0 aliphatic rings. The Balaban J connectivity index is 0.00000162. The number of hydrogen-bond acceptors (Lipinski definition) is 5. The number of H-pyrrole nitrogens is 1. The van der Waals surface area contributed by atoms with Crippen molar-refractivity contribution in [3.05, 3.63) is 24.3 Å². The van der Waals surface area contributed by atoms with E-state index in [1.165, 1.54) is 11.8 Å². The number of nitrogens with one attached hydrogen (secondary N) is 1. The molecule has 8 heteroatoms. The van der Waals surface area contributed by atoms with Gasteiger partial charge < -0.3 is 9.54 Å². The summed E-state index contributed by atoms with van der Waals surface area (Å²) in [6.45, 7) is 0. The first-order valence-electron chi connectivity index (χ1n) is 5.06. The maximum atomic E-state index is 10.4. The molecular weight excluding hydrogens is 283 g/mol. The predicted molar refractivity (Wildman–Crippen MR) is 66.0 cm³/mol. The Hall–Kier alpha value is -0.0500. The van der Waals surface area contributed by atoms with Gasteiger partial charge in [0.1, 0.15) is 0 Å². The van der Waals surface area contributed by atoms with Gasteiger partial charge in [-0.1, -0.05) is 23.9 Å². The van der Waals surface area contributed by atoms with Crippen molar-refractivity contribution in [3.8, 4) is 0 Å². The summed E-state index contributed by atoms with van der Waals surface area (Å²) in [5, 5.41) is 0.745. The molecular formula is C10H11N2NaO3S2. The second-order valence-electron chi connectivity index (χ2n) is 3.52. The molecule has 1 aromatic carbocycles. The molecule has 0 bridgehead atoms. The van der Waals surface area contributed by atoms with Gasteiger partial charge in [0.15, 0.2) is 5.16 Å². The third kappa shape index (κ3) is 4.91. The third-order valence-electron chi connectivity index (χ3n) is 2.15. The van der Waals surface area contributed by atoms with Gasteiger partial charge in [-0.25, -0.2) is 13.4 Å². The van der Waals surface area contributed by atoms with Crippen LogP contribution in [0.25, 0.3) is 11.0 Å². The van der Waals surface area contributed by atoms with Crippen LogP contribution in [-0.4, -0.2) is 34.4 Å². The van der Waals surface area contributed by atoms with Gasteiger partial charge in [0.05, 0.1) is 21.2 Å². The van der Waals surface area contributed by atoms with Crippen LogP contribution in [-0.2, 0) is 10.1 Å². The molecule has 0 fully saturated rings. The van der Waals surface area contributed by atoms with Crippen LogP contribution in [0.2, 0.25) is 0 Å². The SMILES string of the molecule is O=S(=O)([O-])CCCSc1nc2ccccc2[nH]1.[Na+]. The van der Waals surface area contributed by atoms with E-state index in [1.54, 1.807) is 0 Å². The molecule has 1 N–H and O–H groups in total. The van der Waals surface area contributed by atoms with Gasteiger partial charge in [-0.3, -0.25) is 0 Å². The number of benzene rings is 1. The van der Waals surface area contributed by atoms with Crippen LogP contribution in [0, 0.1) is 0 Å². The number of thioether (sulfide) groups is 1. The van der Waals surface area contributed by atoms with E-state index in [0.29, 0.717) is 12.2 Å². The van der Waals surface area contributed by atoms with E-state index < -0.39 is 10.1 Å². The number of aromatic nitrogens is 2. The molecule has 92 valence electrons. The first-order valence-corrected chi connectivity index (χ1v) is 7.62. The van der Waals surface area contributed by atoms with Gasteiger partial charge in [0.25, 0.3) is 0 Å². The molecule has 0 saturated heterocycles. The number of aromatic amines is 1. The molecule has 0 spiro atoms. The summed E-state index contributed by atoms with van der Waals surface area (Å²) in [4.78, 5) is 7.44. The summed E-state index contributed by atoms with van der Waals surface area (Å²) < 4.78 is 31.2. The van der Waals surface area contributed by atoms with Gasteiger partial charge in [0, 0.05) is 11.5 Å². The average molecular weight is 294 g/mol. The van der Waals surface area contributed by atoms with Crippen molar-refractivity contribution in [2.75, 3.05) is 11.5 Å². The molecule has 2 rings (SSSR count).